The fraction of sp³-hybridized carbons (Fsp3) is 0.167. The maximum Gasteiger partial charge on any atom is 0.320 e. The van der Waals surface area contributed by atoms with Crippen molar-refractivity contribution in [3.8, 4) is 0 Å². The standard InChI is InChI=1S/C12H12N2O3.ClH.H2O/c13-9(12(16)17)5-7-6-11(15)14-10-4-2-1-3-8(7)10;;/h1-4,6,9H,5,13H2,(H,14,15)(H,16,17);1H;1H2. The van der Waals surface area contributed by atoms with Crippen LogP contribution in [0.2, 0.25) is 0 Å². The van der Waals surface area contributed by atoms with E-state index < -0.39 is 12.0 Å². The minimum atomic E-state index is -1.07. The number of fused-ring (bicyclic) bond motifs is 1. The number of carbonyl (C=O) groups is 1. The van der Waals surface area contributed by atoms with Crippen LogP contribution < -0.4 is 11.3 Å². The van der Waals surface area contributed by atoms with Crippen molar-refractivity contribution in [2.24, 2.45) is 5.73 Å². The lowest BCUT2D eigenvalue weighted by molar-refractivity contribution is -0.138. The summed E-state index contributed by atoms with van der Waals surface area (Å²) in [5.74, 6) is -1.07. The summed E-state index contributed by atoms with van der Waals surface area (Å²) in [4.78, 5) is 24.8. The van der Waals surface area contributed by atoms with Gasteiger partial charge in [-0.25, -0.2) is 0 Å². The number of carboxylic acid groups (broad SMARTS) is 1. The number of aromatic amines is 1. The number of nitrogens with one attached hydrogen (secondary N) is 1. The van der Waals surface area contributed by atoms with Crippen LogP contribution in [0.4, 0.5) is 0 Å². The molecule has 1 aromatic carbocycles. The Morgan fingerprint density at radius 1 is 1.37 bits per heavy atom. The molecule has 1 unspecified atom stereocenters. The van der Waals surface area contributed by atoms with Gasteiger partial charge in [0.05, 0.1) is 0 Å². The van der Waals surface area contributed by atoms with Gasteiger partial charge in [0.2, 0.25) is 5.56 Å². The first kappa shape index (κ1) is 17.1. The van der Waals surface area contributed by atoms with Gasteiger partial charge in [0.1, 0.15) is 6.04 Å². The fourth-order valence-corrected chi connectivity index (χ4v) is 1.77. The zero-order chi connectivity index (χ0) is 12.4. The van der Waals surface area contributed by atoms with Crippen LogP contribution in [0, 0.1) is 0 Å². The number of aromatic nitrogens is 1. The molecular weight excluding hydrogens is 272 g/mol. The van der Waals surface area contributed by atoms with E-state index in [1.807, 2.05) is 12.1 Å². The summed E-state index contributed by atoms with van der Waals surface area (Å²) in [6.45, 7) is 0. The van der Waals surface area contributed by atoms with E-state index in [9.17, 15) is 9.59 Å². The van der Waals surface area contributed by atoms with E-state index in [1.165, 1.54) is 6.07 Å². The first-order valence-electron chi connectivity index (χ1n) is 5.17. The Labute approximate surface area is 115 Å². The predicted molar refractivity (Wildman–Crippen MR) is 74.7 cm³/mol. The number of para-hydroxylation sites is 1. The molecule has 0 saturated heterocycles. The summed E-state index contributed by atoms with van der Waals surface area (Å²) >= 11 is 0. The highest BCUT2D eigenvalue weighted by molar-refractivity contribution is 5.85. The van der Waals surface area contributed by atoms with Gasteiger partial charge >= 0.3 is 5.97 Å². The highest BCUT2D eigenvalue weighted by Gasteiger charge is 2.14. The molecule has 19 heavy (non-hydrogen) atoms. The third-order valence-corrected chi connectivity index (χ3v) is 2.59. The molecule has 2 rings (SSSR count). The van der Waals surface area contributed by atoms with Crippen molar-refractivity contribution in [1.29, 1.82) is 0 Å². The van der Waals surface area contributed by atoms with Gasteiger partial charge in [-0.15, -0.1) is 12.4 Å². The molecule has 6 N–H and O–H groups in total. The summed E-state index contributed by atoms with van der Waals surface area (Å²) in [6, 6.07) is 7.63. The van der Waals surface area contributed by atoms with Crippen molar-refractivity contribution < 1.29 is 15.4 Å². The Kier molecular flexibility index (Phi) is 6.20. The fourth-order valence-electron chi connectivity index (χ4n) is 1.77. The average Bonchev–Trinajstić information content (AvgIpc) is 2.28. The molecule has 0 aliphatic carbocycles. The van der Waals surface area contributed by atoms with E-state index in [0.717, 1.165) is 5.39 Å². The molecular formula is C12H15ClN2O4. The van der Waals surface area contributed by atoms with Crippen molar-refractivity contribution in [2.75, 3.05) is 0 Å². The minimum absolute atomic E-state index is 0. The molecule has 0 fully saturated rings. The molecule has 1 atom stereocenters. The lowest BCUT2D eigenvalue weighted by atomic mass is 10.0. The molecule has 7 heteroatoms. The molecule has 0 amide bonds. The van der Waals surface area contributed by atoms with Crippen LogP contribution in [-0.4, -0.2) is 27.6 Å². The van der Waals surface area contributed by atoms with Gasteiger partial charge in [0.25, 0.3) is 0 Å². The Morgan fingerprint density at radius 2 is 2.00 bits per heavy atom. The van der Waals surface area contributed by atoms with Crippen molar-refractivity contribution in [1.82, 2.24) is 4.98 Å². The molecule has 1 heterocycles. The largest absolute Gasteiger partial charge is 0.480 e. The number of pyridine rings is 1. The molecule has 0 spiro atoms. The first-order valence-corrected chi connectivity index (χ1v) is 5.17. The molecule has 0 aliphatic heterocycles. The molecule has 6 nitrogen and oxygen atoms in total. The van der Waals surface area contributed by atoms with E-state index in [-0.39, 0.29) is 29.9 Å². The van der Waals surface area contributed by atoms with E-state index >= 15 is 0 Å². The molecule has 0 saturated carbocycles. The second-order valence-electron chi connectivity index (χ2n) is 3.85. The number of carboxylic acids is 1. The average molecular weight is 287 g/mol. The van der Waals surface area contributed by atoms with Crippen molar-refractivity contribution >= 4 is 29.3 Å². The monoisotopic (exact) mass is 286 g/mol. The number of halogens is 1. The summed E-state index contributed by atoms with van der Waals surface area (Å²) < 4.78 is 0. The first-order chi connectivity index (χ1) is 8.08. The lowest BCUT2D eigenvalue weighted by Crippen LogP contribution is -2.32. The van der Waals surface area contributed by atoms with Crippen molar-refractivity contribution in [3.63, 3.8) is 0 Å². The van der Waals surface area contributed by atoms with Crippen LogP contribution in [0.15, 0.2) is 35.1 Å². The van der Waals surface area contributed by atoms with E-state index in [0.29, 0.717) is 11.1 Å². The summed E-state index contributed by atoms with van der Waals surface area (Å²) in [5, 5.41) is 9.60. The SMILES string of the molecule is Cl.NC(Cc1cc(=O)[nH]c2ccccc12)C(=O)O.O. The van der Waals surface area contributed by atoms with Crippen LogP contribution in [-0.2, 0) is 11.2 Å². The minimum Gasteiger partial charge on any atom is -0.480 e. The van der Waals surface area contributed by atoms with Gasteiger partial charge in [0, 0.05) is 17.0 Å². The number of rotatable bonds is 3. The molecule has 0 bridgehead atoms. The van der Waals surface area contributed by atoms with Crippen LogP contribution >= 0.6 is 12.4 Å². The number of hydrogen-bond donors (Lipinski definition) is 3. The zero-order valence-electron chi connectivity index (χ0n) is 9.92. The summed E-state index contributed by atoms with van der Waals surface area (Å²) in [7, 11) is 0. The third kappa shape index (κ3) is 3.78. The van der Waals surface area contributed by atoms with Crippen LogP contribution in [0.3, 0.4) is 0 Å². The van der Waals surface area contributed by atoms with E-state index in [1.54, 1.807) is 12.1 Å². The van der Waals surface area contributed by atoms with Crippen molar-refractivity contribution in [2.45, 2.75) is 12.5 Å². The van der Waals surface area contributed by atoms with Gasteiger partial charge in [-0.2, -0.15) is 0 Å². The number of H-pyrrole nitrogens is 1. The number of nitrogens with two attached hydrogens (primary N) is 1. The van der Waals surface area contributed by atoms with Gasteiger partial charge in [0.15, 0.2) is 0 Å². The normalized spacial score (nSPS) is 11.2. The molecule has 2 aromatic rings. The second-order valence-corrected chi connectivity index (χ2v) is 3.85. The second kappa shape index (κ2) is 6.89. The van der Waals surface area contributed by atoms with Gasteiger partial charge in [-0.3, -0.25) is 9.59 Å². The van der Waals surface area contributed by atoms with Gasteiger partial charge < -0.3 is 21.3 Å². The number of aliphatic carboxylic acids is 1. The maximum absolute atomic E-state index is 11.4. The lowest BCUT2D eigenvalue weighted by Gasteiger charge is -2.09. The summed E-state index contributed by atoms with van der Waals surface area (Å²) in [6.07, 6.45) is 0.139. The Bertz CT molecular complexity index is 626. The van der Waals surface area contributed by atoms with Crippen molar-refractivity contribution in [3.05, 3.63) is 46.2 Å². The maximum atomic E-state index is 11.4. The third-order valence-electron chi connectivity index (χ3n) is 2.59. The highest BCUT2D eigenvalue weighted by Crippen LogP contribution is 2.15. The highest BCUT2D eigenvalue weighted by atomic mass is 35.5. The zero-order valence-corrected chi connectivity index (χ0v) is 10.7. The van der Waals surface area contributed by atoms with E-state index in [4.69, 9.17) is 10.8 Å². The van der Waals surface area contributed by atoms with Gasteiger partial charge in [-0.05, 0) is 18.1 Å². The van der Waals surface area contributed by atoms with Crippen LogP contribution in [0.25, 0.3) is 10.9 Å². The van der Waals surface area contributed by atoms with Gasteiger partial charge in [-0.1, -0.05) is 18.2 Å². The topological polar surface area (TPSA) is 128 Å². The van der Waals surface area contributed by atoms with Crippen LogP contribution in [0.5, 0.6) is 0 Å². The number of benzene rings is 1. The summed E-state index contributed by atoms with van der Waals surface area (Å²) in [5.41, 5.74) is 6.56. The predicted octanol–water partition coefficient (Wildman–Crippen LogP) is 0.0796. The molecule has 104 valence electrons. The number of hydrogen-bond acceptors (Lipinski definition) is 3. The Balaban J connectivity index is 0.00000162. The molecule has 1 aromatic heterocycles. The Morgan fingerprint density at radius 3 is 2.63 bits per heavy atom. The smallest absolute Gasteiger partial charge is 0.320 e. The molecule has 0 radical (unpaired) electrons. The molecule has 0 aliphatic rings. The van der Waals surface area contributed by atoms with E-state index in [2.05, 4.69) is 4.98 Å². The van der Waals surface area contributed by atoms with Crippen LogP contribution in [0.1, 0.15) is 5.56 Å². The Hall–Kier alpha value is -1.89. The quantitative estimate of drug-likeness (QED) is 0.738.